The molecule has 142 valence electrons. The van der Waals surface area contributed by atoms with Crippen LogP contribution in [0.5, 0.6) is 0 Å². The Hall–Kier alpha value is -1.99. The molecule has 1 aromatic carbocycles. The molecule has 6 nitrogen and oxygen atoms in total. The molecule has 0 unspecified atom stereocenters. The molecule has 2 saturated heterocycles. The second-order valence-corrected chi connectivity index (χ2v) is 7.30. The number of hydrogen-bond acceptors (Lipinski definition) is 4. The van der Waals surface area contributed by atoms with Crippen LogP contribution < -0.4 is 5.32 Å². The molecule has 2 fully saturated rings. The summed E-state index contributed by atoms with van der Waals surface area (Å²) in [6.45, 7) is 5.38. The molecule has 2 amide bonds. The summed E-state index contributed by atoms with van der Waals surface area (Å²) in [5.74, 6) is -1.60. The van der Waals surface area contributed by atoms with Crippen molar-refractivity contribution in [3.8, 4) is 0 Å². The molecule has 7 heteroatoms. The molecule has 1 N–H and O–H groups in total. The van der Waals surface area contributed by atoms with E-state index < -0.39 is 17.1 Å². The van der Waals surface area contributed by atoms with Crippen LogP contribution in [0, 0.1) is 11.2 Å². The first-order valence-electron chi connectivity index (χ1n) is 8.93. The van der Waals surface area contributed by atoms with Crippen LogP contribution >= 0.6 is 0 Å². The zero-order valence-electron chi connectivity index (χ0n) is 15.2. The quantitative estimate of drug-likeness (QED) is 0.828. The second kappa shape index (κ2) is 7.32. The molecule has 0 aliphatic carbocycles. The summed E-state index contributed by atoms with van der Waals surface area (Å²) in [7, 11) is 0. The Morgan fingerprint density at radius 1 is 1.19 bits per heavy atom. The smallest absolute Gasteiger partial charge is 0.237 e. The van der Waals surface area contributed by atoms with E-state index in [1.54, 1.807) is 36.9 Å². The molecule has 2 aliphatic rings. The van der Waals surface area contributed by atoms with Gasteiger partial charge in [-0.05, 0) is 19.9 Å². The molecule has 26 heavy (non-hydrogen) atoms. The Labute approximate surface area is 152 Å². The third kappa shape index (κ3) is 3.73. The van der Waals surface area contributed by atoms with Gasteiger partial charge in [-0.3, -0.25) is 9.59 Å². The molecular weight excluding hydrogens is 339 g/mol. The Morgan fingerprint density at radius 3 is 2.42 bits per heavy atom. The van der Waals surface area contributed by atoms with Gasteiger partial charge in [-0.15, -0.1) is 0 Å². The summed E-state index contributed by atoms with van der Waals surface area (Å²) in [6.07, 6.45) is 1.21. The predicted molar refractivity (Wildman–Crippen MR) is 92.5 cm³/mol. The first-order valence-corrected chi connectivity index (χ1v) is 8.93. The van der Waals surface area contributed by atoms with Crippen LogP contribution in [0.2, 0.25) is 0 Å². The minimum absolute atomic E-state index is 0.0486. The molecule has 1 aromatic rings. The van der Waals surface area contributed by atoms with Crippen LogP contribution in [0.4, 0.5) is 4.39 Å². The highest BCUT2D eigenvalue weighted by Gasteiger charge is 2.45. The Balaban J connectivity index is 1.57. The number of piperidine rings is 1. The van der Waals surface area contributed by atoms with E-state index in [0.29, 0.717) is 44.7 Å². The topological polar surface area (TPSA) is 67.9 Å². The van der Waals surface area contributed by atoms with Gasteiger partial charge in [0.05, 0.1) is 13.2 Å². The van der Waals surface area contributed by atoms with E-state index in [9.17, 15) is 14.0 Å². The number of nitrogens with one attached hydrogen (secondary N) is 1. The lowest BCUT2D eigenvalue weighted by Gasteiger charge is -2.40. The Bertz CT molecular complexity index is 676. The van der Waals surface area contributed by atoms with Crippen molar-refractivity contribution in [3.63, 3.8) is 0 Å². The van der Waals surface area contributed by atoms with Crippen LogP contribution in [-0.2, 0) is 25.6 Å². The van der Waals surface area contributed by atoms with Gasteiger partial charge in [-0.1, -0.05) is 18.2 Å². The molecule has 1 spiro atoms. The first kappa shape index (κ1) is 18.8. The number of rotatable bonds is 4. The van der Waals surface area contributed by atoms with Crippen molar-refractivity contribution < 1.29 is 23.5 Å². The third-order valence-corrected chi connectivity index (χ3v) is 5.13. The largest absolute Gasteiger partial charge is 0.351 e. The minimum atomic E-state index is -1.23. The van der Waals surface area contributed by atoms with Gasteiger partial charge in [-0.25, -0.2) is 4.39 Å². The van der Waals surface area contributed by atoms with E-state index in [4.69, 9.17) is 9.47 Å². The van der Waals surface area contributed by atoms with Crippen molar-refractivity contribution in [1.29, 1.82) is 0 Å². The summed E-state index contributed by atoms with van der Waals surface area (Å²) < 4.78 is 25.0. The number of carbonyl (C=O) groups excluding carboxylic acids is 2. The average Bonchev–Trinajstić information content (AvgIpc) is 3.09. The van der Waals surface area contributed by atoms with Crippen LogP contribution in [0.1, 0.15) is 32.3 Å². The maximum atomic E-state index is 13.7. The highest BCUT2D eigenvalue weighted by Crippen LogP contribution is 2.33. The van der Waals surface area contributed by atoms with Gasteiger partial charge in [0, 0.05) is 38.0 Å². The standard InChI is InChI=1S/C19H25FN2O4/c1-18(2,16(23)21-13-14-5-3-4-6-15(14)20)17(24)22-9-7-19(8-10-22)25-11-12-26-19/h3-6H,7-13H2,1-2H3,(H,21,23). The van der Waals surface area contributed by atoms with Gasteiger partial charge < -0.3 is 19.7 Å². The van der Waals surface area contributed by atoms with E-state index >= 15 is 0 Å². The fourth-order valence-electron chi connectivity index (χ4n) is 3.37. The molecular formula is C19H25FN2O4. The van der Waals surface area contributed by atoms with Crippen molar-refractivity contribution in [3.05, 3.63) is 35.6 Å². The number of ether oxygens (including phenoxy) is 2. The van der Waals surface area contributed by atoms with Gasteiger partial charge in [0.2, 0.25) is 11.8 Å². The molecule has 2 heterocycles. The summed E-state index contributed by atoms with van der Waals surface area (Å²) in [4.78, 5) is 27.1. The monoisotopic (exact) mass is 364 g/mol. The summed E-state index contributed by atoms with van der Waals surface area (Å²) in [5, 5.41) is 2.67. The van der Waals surface area contributed by atoms with E-state index in [1.807, 2.05) is 0 Å². The maximum Gasteiger partial charge on any atom is 0.237 e. The Morgan fingerprint density at radius 2 is 1.81 bits per heavy atom. The zero-order valence-corrected chi connectivity index (χ0v) is 15.2. The Kier molecular flexibility index (Phi) is 5.29. The lowest BCUT2D eigenvalue weighted by Crippen LogP contribution is -2.54. The fourth-order valence-corrected chi connectivity index (χ4v) is 3.37. The normalized spacial score (nSPS) is 19.6. The van der Waals surface area contributed by atoms with Gasteiger partial charge in [0.15, 0.2) is 5.79 Å². The number of carbonyl (C=O) groups is 2. The fraction of sp³-hybridized carbons (Fsp3) is 0.579. The molecule has 0 bridgehead atoms. The van der Waals surface area contributed by atoms with Crippen LogP contribution in [0.3, 0.4) is 0 Å². The summed E-state index contributed by atoms with van der Waals surface area (Å²) in [6, 6.07) is 6.25. The lowest BCUT2D eigenvalue weighted by atomic mass is 9.88. The summed E-state index contributed by atoms with van der Waals surface area (Å²) in [5.41, 5.74) is -0.841. The molecule has 0 saturated carbocycles. The number of halogens is 1. The van der Waals surface area contributed by atoms with Crippen molar-refractivity contribution >= 4 is 11.8 Å². The van der Waals surface area contributed by atoms with E-state index in [0.717, 1.165) is 0 Å². The van der Waals surface area contributed by atoms with Crippen molar-refractivity contribution in [2.75, 3.05) is 26.3 Å². The molecule has 0 atom stereocenters. The lowest BCUT2D eigenvalue weighted by molar-refractivity contribution is -0.189. The second-order valence-electron chi connectivity index (χ2n) is 7.30. The third-order valence-electron chi connectivity index (χ3n) is 5.13. The predicted octanol–water partition coefficient (Wildman–Crippen LogP) is 1.83. The van der Waals surface area contributed by atoms with E-state index in [2.05, 4.69) is 5.32 Å². The SMILES string of the molecule is CC(C)(C(=O)NCc1ccccc1F)C(=O)N1CCC2(CC1)OCCO2. The number of hydrogen-bond donors (Lipinski definition) is 1. The first-order chi connectivity index (χ1) is 12.3. The number of nitrogens with zero attached hydrogens (tertiary/aromatic N) is 1. The van der Waals surface area contributed by atoms with Crippen molar-refractivity contribution in [1.82, 2.24) is 10.2 Å². The van der Waals surface area contributed by atoms with Gasteiger partial charge >= 0.3 is 0 Å². The highest BCUT2D eigenvalue weighted by molar-refractivity contribution is 6.04. The van der Waals surface area contributed by atoms with Gasteiger partial charge in [0.1, 0.15) is 11.2 Å². The number of amides is 2. The van der Waals surface area contributed by atoms with Crippen molar-refractivity contribution in [2.45, 2.75) is 39.0 Å². The van der Waals surface area contributed by atoms with Gasteiger partial charge in [-0.2, -0.15) is 0 Å². The maximum absolute atomic E-state index is 13.7. The molecule has 2 aliphatic heterocycles. The van der Waals surface area contributed by atoms with Crippen LogP contribution in [0.15, 0.2) is 24.3 Å². The van der Waals surface area contributed by atoms with Gasteiger partial charge in [0.25, 0.3) is 0 Å². The average molecular weight is 364 g/mol. The number of likely N-dealkylation sites (tertiary alicyclic amines) is 1. The van der Waals surface area contributed by atoms with Crippen LogP contribution in [0.25, 0.3) is 0 Å². The van der Waals surface area contributed by atoms with Crippen molar-refractivity contribution in [2.24, 2.45) is 5.41 Å². The zero-order chi connectivity index (χ0) is 18.8. The van der Waals surface area contributed by atoms with E-state index in [-0.39, 0.29) is 18.3 Å². The molecule has 0 aromatic heterocycles. The number of benzene rings is 1. The summed E-state index contributed by atoms with van der Waals surface area (Å²) >= 11 is 0. The van der Waals surface area contributed by atoms with Crippen LogP contribution in [-0.4, -0.2) is 48.8 Å². The highest BCUT2D eigenvalue weighted by atomic mass is 19.1. The van der Waals surface area contributed by atoms with E-state index in [1.165, 1.54) is 6.07 Å². The molecule has 0 radical (unpaired) electrons. The minimum Gasteiger partial charge on any atom is -0.351 e. The molecule has 3 rings (SSSR count).